The molecule has 0 spiro atoms. The molecule has 2 aliphatic rings. The van der Waals surface area contributed by atoms with Crippen LogP contribution in [0.2, 0.25) is 5.02 Å². The first-order valence-corrected chi connectivity index (χ1v) is 12.2. The maximum Gasteiger partial charge on any atom is 0.251 e. The fourth-order valence-electron chi connectivity index (χ4n) is 3.47. The highest BCUT2D eigenvalue weighted by atomic mass is 35.5. The Morgan fingerprint density at radius 2 is 1.93 bits per heavy atom. The minimum atomic E-state index is -3.01. The van der Waals surface area contributed by atoms with E-state index in [9.17, 15) is 13.2 Å². The van der Waals surface area contributed by atoms with Gasteiger partial charge in [-0.2, -0.15) is 0 Å². The highest BCUT2D eigenvalue weighted by Gasteiger charge is 2.44. The average molecular weight is 450 g/mol. The number of fused-ring (bicyclic) bond motifs is 1. The van der Waals surface area contributed by atoms with Gasteiger partial charge in [-0.1, -0.05) is 41.6 Å². The van der Waals surface area contributed by atoms with E-state index in [1.54, 1.807) is 19.2 Å². The van der Waals surface area contributed by atoms with Crippen LogP contribution < -0.4 is 10.2 Å². The summed E-state index contributed by atoms with van der Waals surface area (Å²) in [5, 5.41) is 4.00. The van der Waals surface area contributed by atoms with E-state index in [1.165, 1.54) is 11.8 Å². The SMILES string of the molecule is CNC(=O)c1ccc(N(Cc2ccccc2Cl)C2=N[C@@H]3CS(=O)(=O)C[C@@H]3S2)cc1. The van der Waals surface area contributed by atoms with Gasteiger partial charge in [0.1, 0.15) is 0 Å². The van der Waals surface area contributed by atoms with Gasteiger partial charge in [-0.25, -0.2) is 8.42 Å². The number of thioether (sulfide) groups is 1. The van der Waals surface area contributed by atoms with Gasteiger partial charge < -0.3 is 10.2 Å². The second-order valence-corrected chi connectivity index (χ2v) is 10.8. The lowest BCUT2D eigenvalue weighted by molar-refractivity contribution is 0.0963. The molecule has 0 saturated carbocycles. The van der Waals surface area contributed by atoms with Crippen molar-refractivity contribution >= 4 is 50.0 Å². The Balaban J connectivity index is 1.67. The molecule has 0 aliphatic carbocycles. The number of rotatable bonds is 4. The van der Waals surface area contributed by atoms with Crippen LogP contribution in [0.15, 0.2) is 53.5 Å². The molecule has 1 N–H and O–H groups in total. The number of sulfone groups is 1. The zero-order valence-electron chi connectivity index (χ0n) is 15.7. The summed E-state index contributed by atoms with van der Waals surface area (Å²) in [6.07, 6.45) is 0. The number of carbonyl (C=O) groups is 1. The molecule has 1 fully saturated rings. The van der Waals surface area contributed by atoms with Crippen molar-refractivity contribution in [3.05, 3.63) is 64.7 Å². The predicted molar refractivity (Wildman–Crippen MR) is 119 cm³/mol. The van der Waals surface area contributed by atoms with E-state index in [-0.39, 0.29) is 28.7 Å². The number of hydrogen-bond donors (Lipinski definition) is 1. The Bertz CT molecular complexity index is 1070. The van der Waals surface area contributed by atoms with Crippen molar-refractivity contribution in [2.45, 2.75) is 17.8 Å². The van der Waals surface area contributed by atoms with Crippen molar-refractivity contribution in [2.75, 3.05) is 23.5 Å². The van der Waals surface area contributed by atoms with E-state index in [4.69, 9.17) is 16.6 Å². The van der Waals surface area contributed by atoms with Gasteiger partial charge in [0.2, 0.25) is 0 Å². The molecule has 2 aromatic rings. The average Bonchev–Trinajstić information content (AvgIpc) is 3.20. The maximum absolute atomic E-state index is 11.9. The number of aliphatic imine (C=N–C) groups is 1. The molecule has 4 rings (SSSR count). The minimum Gasteiger partial charge on any atom is -0.355 e. The van der Waals surface area contributed by atoms with Gasteiger partial charge in [-0.15, -0.1) is 0 Å². The van der Waals surface area contributed by atoms with Crippen molar-refractivity contribution < 1.29 is 13.2 Å². The fourth-order valence-corrected chi connectivity index (χ4v) is 7.45. The molecule has 2 atom stereocenters. The van der Waals surface area contributed by atoms with Crippen LogP contribution in [0, 0.1) is 0 Å². The smallest absolute Gasteiger partial charge is 0.251 e. The van der Waals surface area contributed by atoms with E-state index >= 15 is 0 Å². The van der Waals surface area contributed by atoms with Gasteiger partial charge in [0.05, 0.1) is 24.1 Å². The zero-order valence-corrected chi connectivity index (χ0v) is 18.1. The first-order chi connectivity index (χ1) is 13.9. The molecule has 0 aromatic heterocycles. The monoisotopic (exact) mass is 449 g/mol. The highest BCUT2D eigenvalue weighted by molar-refractivity contribution is 8.15. The third-order valence-corrected chi connectivity index (χ3v) is 8.61. The highest BCUT2D eigenvalue weighted by Crippen LogP contribution is 2.37. The number of benzene rings is 2. The topological polar surface area (TPSA) is 78.8 Å². The molecule has 6 nitrogen and oxygen atoms in total. The van der Waals surface area contributed by atoms with Gasteiger partial charge in [-0.3, -0.25) is 9.79 Å². The normalized spacial score (nSPS) is 22.1. The van der Waals surface area contributed by atoms with Crippen LogP contribution in [-0.2, 0) is 16.4 Å². The number of halogens is 1. The molecule has 1 saturated heterocycles. The predicted octanol–water partition coefficient (Wildman–Crippen LogP) is 2.97. The van der Waals surface area contributed by atoms with Gasteiger partial charge >= 0.3 is 0 Å². The summed E-state index contributed by atoms with van der Waals surface area (Å²) < 4.78 is 23.8. The Hall–Kier alpha value is -2.03. The molecule has 2 aromatic carbocycles. The molecule has 1 amide bonds. The Kier molecular flexibility index (Phi) is 5.59. The molecular weight excluding hydrogens is 430 g/mol. The second-order valence-electron chi connectivity index (χ2n) is 7.02. The molecule has 2 aliphatic heterocycles. The van der Waals surface area contributed by atoms with E-state index in [1.807, 2.05) is 41.3 Å². The lowest BCUT2D eigenvalue weighted by atomic mass is 10.1. The number of amides is 1. The number of carbonyl (C=O) groups excluding carboxylic acids is 1. The molecule has 29 heavy (non-hydrogen) atoms. The van der Waals surface area contributed by atoms with E-state index in [0.717, 1.165) is 16.4 Å². The molecule has 152 valence electrons. The van der Waals surface area contributed by atoms with Crippen molar-refractivity contribution in [3.8, 4) is 0 Å². The van der Waals surface area contributed by atoms with E-state index < -0.39 is 9.84 Å². The molecule has 2 heterocycles. The van der Waals surface area contributed by atoms with Crippen LogP contribution in [0.1, 0.15) is 15.9 Å². The largest absolute Gasteiger partial charge is 0.355 e. The standard InChI is InChI=1S/C20H20ClN3O3S2/c1-22-19(25)13-6-8-15(9-7-13)24(10-14-4-2-3-5-16(14)21)20-23-17-11-29(26,27)12-18(17)28-20/h2-9,17-18H,10-12H2,1H3,(H,22,25)/t17-,18+/m1/s1. The van der Waals surface area contributed by atoms with Crippen molar-refractivity contribution in [1.82, 2.24) is 5.32 Å². The molecule has 0 unspecified atom stereocenters. The number of anilines is 1. The number of nitrogens with one attached hydrogen (secondary N) is 1. The number of hydrogen-bond acceptors (Lipinski definition) is 6. The second kappa shape index (κ2) is 8.01. The van der Waals surface area contributed by atoms with Crippen LogP contribution >= 0.6 is 23.4 Å². The van der Waals surface area contributed by atoms with Gasteiger partial charge in [0.25, 0.3) is 5.91 Å². The van der Waals surface area contributed by atoms with Crippen molar-refractivity contribution in [3.63, 3.8) is 0 Å². The van der Waals surface area contributed by atoms with Crippen LogP contribution in [0.3, 0.4) is 0 Å². The number of amidine groups is 1. The Morgan fingerprint density at radius 1 is 1.21 bits per heavy atom. The van der Waals surface area contributed by atoms with E-state index in [0.29, 0.717) is 17.1 Å². The van der Waals surface area contributed by atoms with Gasteiger partial charge in [-0.05, 0) is 35.9 Å². The van der Waals surface area contributed by atoms with Crippen LogP contribution in [0.25, 0.3) is 0 Å². The molecule has 0 radical (unpaired) electrons. The Morgan fingerprint density at radius 3 is 2.59 bits per heavy atom. The summed E-state index contributed by atoms with van der Waals surface area (Å²) in [6.45, 7) is 0.497. The third kappa shape index (κ3) is 4.29. The summed E-state index contributed by atoms with van der Waals surface area (Å²) in [5.74, 6) is 0.107. The van der Waals surface area contributed by atoms with Gasteiger partial charge in [0.15, 0.2) is 15.0 Å². The fraction of sp³-hybridized carbons (Fsp3) is 0.300. The quantitative estimate of drug-likeness (QED) is 0.776. The van der Waals surface area contributed by atoms with Crippen molar-refractivity contribution in [1.29, 1.82) is 0 Å². The van der Waals surface area contributed by atoms with Crippen molar-refractivity contribution in [2.24, 2.45) is 4.99 Å². The summed E-state index contributed by atoms with van der Waals surface area (Å²) in [6, 6.07) is 14.7. The van der Waals surface area contributed by atoms with Crippen LogP contribution in [-0.4, -0.2) is 49.3 Å². The van der Waals surface area contributed by atoms with Gasteiger partial charge in [0, 0.05) is 28.6 Å². The molecule has 0 bridgehead atoms. The van der Waals surface area contributed by atoms with Crippen LogP contribution in [0.4, 0.5) is 5.69 Å². The first kappa shape index (κ1) is 20.3. The molecular formula is C20H20ClN3O3S2. The minimum absolute atomic E-state index is 0.0473. The maximum atomic E-state index is 11.9. The number of nitrogens with zero attached hydrogens (tertiary/aromatic N) is 2. The summed E-state index contributed by atoms with van der Waals surface area (Å²) in [7, 11) is -1.42. The molecule has 9 heteroatoms. The Labute approximate surface area is 179 Å². The van der Waals surface area contributed by atoms with E-state index in [2.05, 4.69) is 5.32 Å². The lowest BCUT2D eigenvalue weighted by Gasteiger charge is -2.25. The zero-order chi connectivity index (χ0) is 20.6. The lowest BCUT2D eigenvalue weighted by Crippen LogP contribution is -2.28. The summed E-state index contributed by atoms with van der Waals surface area (Å²) >= 11 is 7.88. The summed E-state index contributed by atoms with van der Waals surface area (Å²) in [5.41, 5.74) is 2.38. The van der Waals surface area contributed by atoms with Crippen LogP contribution in [0.5, 0.6) is 0 Å². The first-order valence-electron chi connectivity index (χ1n) is 9.14. The third-order valence-electron chi connectivity index (χ3n) is 4.99. The summed E-state index contributed by atoms with van der Waals surface area (Å²) in [4.78, 5) is 18.6.